The molecule has 4 heteroatoms. The minimum absolute atomic E-state index is 0.0161. The van der Waals surface area contributed by atoms with Crippen LogP contribution in [0.25, 0.3) is 111 Å². The summed E-state index contributed by atoms with van der Waals surface area (Å²) in [5.41, 5.74) is 11.1. The first kappa shape index (κ1) is 27.1. The number of fused-ring (bicyclic) bond motifs is 6. The van der Waals surface area contributed by atoms with Gasteiger partial charge in [0.25, 0.3) is 0 Å². The number of aromatic nitrogens is 2. The largest absolute Gasteiger partial charge is 0.455 e. The number of rotatable bonds is 6. The molecule has 262 valence electrons. The Kier molecular flexibility index (Phi) is 6.33. The number of nitrogens with zero attached hydrogens (tertiary/aromatic N) is 2. The van der Waals surface area contributed by atoms with Crippen LogP contribution < -0.4 is 0 Å². The van der Waals surface area contributed by atoms with Gasteiger partial charge in [0.05, 0.1) is 18.2 Å². The van der Waals surface area contributed by atoms with E-state index in [2.05, 4.69) is 54.6 Å². The van der Waals surface area contributed by atoms with Crippen LogP contribution in [0, 0.1) is 0 Å². The smallest absolute Gasteiger partial charge is 0.160 e. The summed E-state index contributed by atoms with van der Waals surface area (Å²) in [6.07, 6.45) is 0. The molecule has 11 aromatic rings. The average molecular weight is 722 g/mol. The van der Waals surface area contributed by atoms with E-state index in [4.69, 9.17) is 25.7 Å². The molecule has 0 unspecified atom stereocenters. The molecule has 0 aliphatic carbocycles. The van der Waals surface area contributed by atoms with Gasteiger partial charge in [0.1, 0.15) is 22.3 Å². The van der Waals surface area contributed by atoms with E-state index in [9.17, 15) is 0 Å². The van der Waals surface area contributed by atoms with Crippen LogP contribution in [0.2, 0.25) is 0 Å². The molecule has 0 aliphatic heterocycles. The first-order valence-electron chi connectivity index (χ1n) is 20.9. The molecule has 3 aromatic heterocycles. The van der Waals surface area contributed by atoms with Crippen molar-refractivity contribution in [1.82, 2.24) is 9.97 Å². The highest BCUT2D eigenvalue weighted by molar-refractivity contribution is 6.11. The van der Waals surface area contributed by atoms with E-state index >= 15 is 0 Å². The first-order valence-corrected chi connectivity index (χ1v) is 18.4. The number of benzene rings is 8. The molecule has 4 nitrogen and oxygen atoms in total. The Labute approximate surface area is 330 Å². The lowest BCUT2D eigenvalue weighted by Crippen LogP contribution is -1.96. The van der Waals surface area contributed by atoms with Crippen molar-refractivity contribution in [1.29, 1.82) is 0 Å². The van der Waals surface area contributed by atoms with E-state index in [0.717, 1.165) is 82.8 Å². The summed E-state index contributed by atoms with van der Waals surface area (Å²) in [6, 6.07) is 52.4. The molecule has 8 aromatic carbocycles. The third kappa shape index (κ3) is 5.47. The molecule has 0 spiro atoms. The second-order valence-corrected chi connectivity index (χ2v) is 13.8. The number of para-hydroxylation sites is 4. The van der Waals surface area contributed by atoms with Crippen LogP contribution in [0.4, 0.5) is 0 Å². The Morgan fingerprint density at radius 2 is 0.839 bits per heavy atom. The lowest BCUT2D eigenvalue weighted by atomic mass is 9.93. The highest BCUT2D eigenvalue weighted by atomic mass is 16.3. The number of hydrogen-bond donors (Lipinski definition) is 0. The SMILES string of the molecule is [2H]c1c([2H])c([2H])c(-c2nc(-c3ccc(-c4ccccc4)cc3)cc(-c3cc(-c4cccc5c4oc4ccccc45)cc(-c4cccc5c4oc4ccccc45)c3)n2)c([2H])c1[2H]. The van der Waals surface area contributed by atoms with Gasteiger partial charge in [-0.05, 0) is 58.7 Å². The number of furan rings is 2. The maximum absolute atomic E-state index is 8.91. The van der Waals surface area contributed by atoms with Crippen molar-refractivity contribution in [2.75, 3.05) is 0 Å². The maximum atomic E-state index is 8.91. The number of hydrogen-bond acceptors (Lipinski definition) is 4. The van der Waals surface area contributed by atoms with E-state index in [1.807, 2.05) is 109 Å². The van der Waals surface area contributed by atoms with Crippen molar-refractivity contribution < 1.29 is 15.7 Å². The summed E-state index contributed by atoms with van der Waals surface area (Å²) >= 11 is 0. The third-order valence-corrected chi connectivity index (χ3v) is 10.4. The average Bonchev–Trinajstić information content (AvgIpc) is 3.89. The van der Waals surface area contributed by atoms with E-state index in [0.29, 0.717) is 17.0 Å². The fourth-order valence-corrected chi connectivity index (χ4v) is 7.72. The van der Waals surface area contributed by atoms with Crippen LogP contribution in [-0.4, -0.2) is 9.97 Å². The van der Waals surface area contributed by atoms with Crippen LogP contribution in [0.5, 0.6) is 0 Å². The van der Waals surface area contributed by atoms with Crippen LogP contribution in [0.1, 0.15) is 6.85 Å². The zero-order chi connectivity index (χ0) is 41.4. The van der Waals surface area contributed by atoms with Gasteiger partial charge in [-0.2, -0.15) is 0 Å². The molecule has 0 atom stereocenters. The van der Waals surface area contributed by atoms with Crippen molar-refractivity contribution >= 4 is 43.9 Å². The van der Waals surface area contributed by atoms with Crippen molar-refractivity contribution in [2.24, 2.45) is 0 Å². The van der Waals surface area contributed by atoms with Gasteiger partial charge in [0.15, 0.2) is 5.82 Å². The highest BCUT2D eigenvalue weighted by Gasteiger charge is 2.19. The lowest BCUT2D eigenvalue weighted by Gasteiger charge is -2.14. The second-order valence-electron chi connectivity index (χ2n) is 13.8. The summed E-state index contributed by atoms with van der Waals surface area (Å²) in [5, 5.41) is 4.02. The Morgan fingerprint density at radius 3 is 1.45 bits per heavy atom. The zero-order valence-corrected chi connectivity index (χ0v) is 29.8. The zero-order valence-electron chi connectivity index (χ0n) is 34.8. The van der Waals surface area contributed by atoms with Crippen molar-refractivity contribution in [3.8, 4) is 67.3 Å². The molecule has 0 aliphatic rings. The predicted octanol–water partition coefficient (Wildman–Crippen LogP) is 14.3. The normalized spacial score (nSPS) is 12.8. The molecule has 11 rings (SSSR count). The summed E-state index contributed by atoms with van der Waals surface area (Å²) in [7, 11) is 0. The molecule has 0 fully saturated rings. The maximum Gasteiger partial charge on any atom is 0.160 e. The minimum Gasteiger partial charge on any atom is -0.455 e. The second kappa shape index (κ2) is 13.1. The van der Waals surface area contributed by atoms with Gasteiger partial charge >= 0.3 is 0 Å². The summed E-state index contributed by atoms with van der Waals surface area (Å²) in [6.45, 7) is 0. The third-order valence-electron chi connectivity index (χ3n) is 10.4. The van der Waals surface area contributed by atoms with Crippen LogP contribution in [0.3, 0.4) is 0 Å². The van der Waals surface area contributed by atoms with Gasteiger partial charge in [0, 0.05) is 49.4 Å². The fraction of sp³-hybridized carbons (Fsp3) is 0. The molecule has 0 saturated carbocycles. The highest BCUT2D eigenvalue weighted by Crippen LogP contribution is 2.42. The van der Waals surface area contributed by atoms with Crippen LogP contribution in [0.15, 0.2) is 203 Å². The molecule has 0 bridgehead atoms. The van der Waals surface area contributed by atoms with E-state index in [1.54, 1.807) is 0 Å². The van der Waals surface area contributed by atoms with Gasteiger partial charge in [-0.1, -0.05) is 158 Å². The van der Waals surface area contributed by atoms with Gasteiger partial charge < -0.3 is 8.83 Å². The topological polar surface area (TPSA) is 52.1 Å². The molecular weight excluding hydrogens is 685 g/mol. The summed E-state index contributed by atoms with van der Waals surface area (Å²) < 4.78 is 56.2. The molecule has 3 heterocycles. The summed E-state index contributed by atoms with van der Waals surface area (Å²) in [5.74, 6) is 0.0161. The fourth-order valence-electron chi connectivity index (χ4n) is 7.72. The Morgan fingerprint density at radius 1 is 0.357 bits per heavy atom. The van der Waals surface area contributed by atoms with Crippen molar-refractivity contribution in [2.45, 2.75) is 0 Å². The molecule has 0 N–H and O–H groups in total. The van der Waals surface area contributed by atoms with Crippen molar-refractivity contribution in [3.63, 3.8) is 0 Å². The Hall–Kier alpha value is -7.56. The molecular formula is C52H32N2O2. The quantitative estimate of drug-likeness (QED) is 0.172. The van der Waals surface area contributed by atoms with Crippen molar-refractivity contribution in [3.05, 3.63) is 194 Å². The van der Waals surface area contributed by atoms with Gasteiger partial charge in [-0.3, -0.25) is 0 Å². The monoisotopic (exact) mass is 721 g/mol. The van der Waals surface area contributed by atoms with Gasteiger partial charge in [-0.15, -0.1) is 0 Å². The van der Waals surface area contributed by atoms with Gasteiger partial charge in [0.2, 0.25) is 0 Å². The Bertz CT molecular complexity index is 3380. The predicted molar refractivity (Wildman–Crippen MR) is 229 cm³/mol. The summed E-state index contributed by atoms with van der Waals surface area (Å²) in [4.78, 5) is 9.95. The first-order chi connectivity index (χ1) is 29.8. The van der Waals surface area contributed by atoms with E-state index in [1.165, 1.54) is 0 Å². The minimum atomic E-state index is -0.483. The molecule has 56 heavy (non-hydrogen) atoms. The Balaban J connectivity index is 1.18. The molecule has 0 radical (unpaired) electrons. The van der Waals surface area contributed by atoms with Crippen LogP contribution >= 0.6 is 0 Å². The molecule has 0 saturated heterocycles. The standard InChI is InChI=1S/C52H32N2O2/c1-3-13-33(14-4-1)34-25-27-35(28-26-34)46-32-47(54-52(53-46)36-15-5-2-6-16-36)39-30-37(40-19-11-21-44-42-17-7-9-23-48(42)55-50(40)44)29-38(31-39)41-20-12-22-45-43-18-8-10-24-49(43)56-51(41)45/h1-32H/i2D,5D,6D,15D,16D. The van der Waals surface area contributed by atoms with Gasteiger partial charge in [-0.25, -0.2) is 9.97 Å². The molecule has 0 amide bonds. The lowest BCUT2D eigenvalue weighted by molar-refractivity contribution is 0.670. The van der Waals surface area contributed by atoms with E-state index in [-0.39, 0.29) is 23.5 Å². The van der Waals surface area contributed by atoms with E-state index < -0.39 is 18.1 Å². The van der Waals surface area contributed by atoms with Crippen LogP contribution in [-0.2, 0) is 0 Å².